The van der Waals surface area contributed by atoms with E-state index in [1.807, 2.05) is 30.3 Å². The molecule has 18 heavy (non-hydrogen) atoms. The quantitative estimate of drug-likeness (QED) is 0.782. The van der Waals surface area contributed by atoms with Crippen LogP contribution in [0.5, 0.6) is 0 Å². The maximum atomic E-state index is 10.4. The molecule has 3 N–H and O–H groups in total. The fraction of sp³-hybridized carbons (Fsp3) is 0.600. The number of ether oxygens (including phenoxy) is 1. The lowest BCUT2D eigenvalue weighted by atomic mass is 9.95. The van der Waals surface area contributed by atoms with Crippen molar-refractivity contribution in [1.82, 2.24) is 0 Å². The van der Waals surface area contributed by atoms with Crippen LogP contribution in [0.2, 0.25) is 0 Å². The van der Waals surface area contributed by atoms with Crippen molar-refractivity contribution < 1.29 is 9.84 Å². The second-order valence-electron chi connectivity index (χ2n) is 5.20. The molecule has 0 bridgehead atoms. The van der Waals surface area contributed by atoms with E-state index in [4.69, 9.17) is 10.5 Å². The molecular formula is C15H25NO2. The summed E-state index contributed by atoms with van der Waals surface area (Å²) in [7, 11) is 0. The summed E-state index contributed by atoms with van der Waals surface area (Å²) in [6, 6.07) is 9.56. The smallest absolute Gasteiger partial charge is 0.110 e. The summed E-state index contributed by atoms with van der Waals surface area (Å²) in [6.45, 7) is 6.61. The van der Waals surface area contributed by atoms with E-state index in [2.05, 4.69) is 13.8 Å². The molecule has 0 aliphatic heterocycles. The fourth-order valence-corrected chi connectivity index (χ4v) is 1.79. The first kappa shape index (κ1) is 15.2. The van der Waals surface area contributed by atoms with Gasteiger partial charge in [-0.15, -0.1) is 0 Å². The Morgan fingerprint density at radius 3 is 2.17 bits per heavy atom. The van der Waals surface area contributed by atoms with Gasteiger partial charge in [0.15, 0.2) is 0 Å². The van der Waals surface area contributed by atoms with Gasteiger partial charge in [-0.2, -0.15) is 0 Å². The molecule has 1 atom stereocenters. The molecule has 3 nitrogen and oxygen atoms in total. The minimum atomic E-state index is -0.969. The molecule has 0 spiro atoms. The highest BCUT2D eigenvalue weighted by atomic mass is 16.5. The minimum Gasteiger partial charge on any atom is -0.383 e. The maximum Gasteiger partial charge on any atom is 0.110 e. The van der Waals surface area contributed by atoms with Gasteiger partial charge in [-0.3, -0.25) is 0 Å². The summed E-state index contributed by atoms with van der Waals surface area (Å²) >= 11 is 0. The molecule has 0 fully saturated rings. The highest BCUT2D eigenvalue weighted by Crippen LogP contribution is 2.21. The lowest BCUT2D eigenvalue weighted by Gasteiger charge is -2.29. The monoisotopic (exact) mass is 251 g/mol. The summed E-state index contributed by atoms with van der Waals surface area (Å²) in [5.41, 5.74) is 5.77. The molecule has 1 aromatic carbocycles. The molecule has 3 heteroatoms. The predicted molar refractivity (Wildman–Crippen MR) is 74.3 cm³/mol. The van der Waals surface area contributed by atoms with Crippen LogP contribution < -0.4 is 5.73 Å². The van der Waals surface area contributed by atoms with E-state index in [0.29, 0.717) is 6.61 Å². The Morgan fingerprint density at radius 1 is 1.11 bits per heavy atom. The van der Waals surface area contributed by atoms with Gasteiger partial charge < -0.3 is 15.6 Å². The van der Waals surface area contributed by atoms with Gasteiger partial charge in [0.1, 0.15) is 5.60 Å². The van der Waals surface area contributed by atoms with Crippen LogP contribution in [-0.4, -0.2) is 23.9 Å². The normalized spacial score (nSPS) is 15.4. The zero-order valence-electron chi connectivity index (χ0n) is 11.6. The highest BCUT2D eigenvalue weighted by molar-refractivity contribution is 5.21. The number of hydrogen-bond acceptors (Lipinski definition) is 3. The van der Waals surface area contributed by atoms with Crippen molar-refractivity contribution in [2.45, 2.75) is 44.8 Å². The van der Waals surface area contributed by atoms with E-state index < -0.39 is 5.60 Å². The van der Waals surface area contributed by atoms with Gasteiger partial charge in [0, 0.05) is 5.54 Å². The Kier molecular flexibility index (Phi) is 5.32. The third-order valence-corrected chi connectivity index (χ3v) is 3.58. The van der Waals surface area contributed by atoms with E-state index in [0.717, 1.165) is 18.4 Å². The average molecular weight is 251 g/mol. The van der Waals surface area contributed by atoms with Crippen molar-refractivity contribution in [2.24, 2.45) is 5.73 Å². The Morgan fingerprint density at radius 2 is 1.67 bits per heavy atom. The molecule has 0 aliphatic rings. The Balaban J connectivity index is 2.53. The number of hydrogen-bond donors (Lipinski definition) is 2. The van der Waals surface area contributed by atoms with E-state index in [1.165, 1.54) is 0 Å². The standard InChI is InChI=1S/C15H25NO2/c1-4-15(16,5-2)12-18-11-14(3,17)13-9-7-6-8-10-13/h6-10,17H,4-5,11-12,16H2,1-3H3. The van der Waals surface area contributed by atoms with Crippen LogP contribution in [0.3, 0.4) is 0 Å². The Labute approximate surface area is 110 Å². The maximum absolute atomic E-state index is 10.4. The molecule has 102 valence electrons. The van der Waals surface area contributed by atoms with E-state index >= 15 is 0 Å². The molecule has 0 amide bonds. The zero-order valence-corrected chi connectivity index (χ0v) is 11.6. The van der Waals surface area contributed by atoms with Crippen LogP contribution in [0, 0.1) is 0 Å². The first-order valence-corrected chi connectivity index (χ1v) is 6.58. The van der Waals surface area contributed by atoms with Gasteiger partial charge >= 0.3 is 0 Å². The third kappa shape index (κ3) is 4.09. The number of benzene rings is 1. The SMILES string of the molecule is CCC(N)(CC)COCC(C)(O)c1ccccc1. The van der Waals surface area contributed by atoms with Gasteiger partial charge in [0.2, 0.25) is 0 Å². The van der Waals surface area contributed by atoms with Gasteiger partial charge in [0.25, 0.3) is 0 Å². The van der Waals surface area contributed by atoms with Crippen molar-refractivity contribution in [3.63, 3.8) is 0 Å². The topological polar surface area (TPSA) is 55.5 Å². The molecule has 0 aliphatic carbocycles. The predicted octanol–water partition coefficient (Wildman–Crippen LogP) is 2.43. The van der Waals surface area contributed by atoms with E-state index in [9.17, 15) is 5.11 Å². The number of nitrogens with two attached hydrogens (primary N) is 1. The van der Waals surface area contributed by atoms with Gasteiger partial charge in [-0.25, -0.2) is 0 Å². The number of rotatable bonds is 7. The lowest BCUT2D eigenvalue weighted by molar-refractivity contribution is -0.0503. The van der Waals surface area contributed by atoms with Gasteiger partial charge in [-0.05, 0) is 25.3 Å². The summed E-state index contributed by atoms with van der Waals surface area (Å²) in [5, 5.41) is 10.4. The van der Waals surface area contributed by atoms with Crippen molar-refractivity contribution >= 4 is 0 Å². The summed E-state index contributed by atoms with van der Waals surface area (Å²) in [6.07, 6.45) is 1.74. The summed E-state index contributed by atoms with van der Waals surface area (Å²) in [4.78, 5) is 0. The first-order chi connectivity index (χ1) is 8.43. The largest absolute Gasteiger partial charge is 0.383 e. The van der Waals surface area contributed by atoms with Crippen molar-refractivity contribution in [3.05, 3.63) is 35.9 Å². The molecule has 1 rings (SSSR count). The molecule has 0 heterocycles. The molecule has 1 aromatic rings. The lowest BCUT2D eigenvalue weighted by Crippen LogP contribution is -2.44. The zero-order chi connectivity index (χ0) is 13.6. The van der Waals surface area contributed by atoms with Gasteiger partial charge in [0.05, 0.1) is 13.2 Å². The molecule has 0 saturated carbocycles. The fourth-order valence-electron chi connectivity index (χ4n) is 1.79. The summed E-state index contributed by atoms with van der Waals surface area (Å²) < 4.78 is 5.62. The van der Waals surface area contributed by atoms with Crippen molar-refractivity contribution in [3.8, 4) is 0 Å². The molecular weight excluding hydrogens is 226 g/mol. The van der Waals surface area contributed by atoms with Crippen LogP contribution in [0.15, 0.2) is 30.3 Å². The second-order valence-corrected chi connectivity index (χ2v) is 5.20. The van der Waals surface area contributed by atoms with Crippen molar-refractivity contribution in [1.29, 1.82) is 0 Å². The second kappa shape index (κ2) is 6.32. The van der Waals surface area contributed by atoms with Crippen LogP contribution in [-0.2, 0) is 10.3 Å². The van der Waals surface area contributed by atoms with Gasteiger partial charge in [-0.1, -0.05) is 44.2 Å². The Hall–Kier alpha value is -0.900. The molecule has 0 aromatic heterocycles. The number of aliphatic hydroxyl groups is 1. The Bertz CT molecular complexity index is 345. The highest BCUT2D eigenvalue weighted by Gasteiger charge is 2.26. The third-order valence-electron chi connectivity index (χ3n) is 3.58. The minimum absolute atomic E-state index is 0.260. The average Bonchev–Trinajstić information content (AvgIpc) is 2.39. The van der Waals surface area contributed by atoms with Crippen LogP contribution in [0.4, 0.5) is 0 Å². The van der Waals surface area contributed by atoms with Crippen molar-refractivity contribution in [2.75, 3.05) is 13.2 Å². The van der Waals surface area contributed by atoms with E-state index in [-0.39, 0.29) is 12.1 Å². The molecule has 1 unspecified atom stereocenters. The van der Waals surface area contributed by atoms with Crippen LogP contribution in [0.1, 0.15) is 39.2 Å². The molecule has 0 radical (unpaired) electrons. The molecule has 0 saturated heterocycles. The van der Waals surface area contributed by atoms with Crippen LogP contribution >= 0.6 is 0 Å². The first-order valence-electron chi connectivity index (χ1n) is 6.58. The van der Waals surface area contributed by atoms with E-state index in [1.54, 1.807) is 6.92 Å². The summed E-state index contributed by atoms with van der Waals surface area (Å²) in [5.74, 6) is 0. The van der Waals surface area contributed by atoms with Crippen LogP contribution in [0.25, 0.3) is 0 Å².